The molecule has 0 aromatic heterocycles. The molecule has 2 aliphatic rings. The van der Waals surface area contributed by atoms with E-state index in [1.165, 1.54) is 0 Å². The Hall–Kier alpha value is -1.09. The van der Waals surface area contributed by atoms with E-state index in [1.807, 2.05) is 0 Å². The average Bonchev–Trinajstić information content (AvgIpc) is 2.90. The minimum absolute atomic E-state index is 0.410. The largest absolute Gasteiger partial charge is 0.346 e. The van der Waals surface area contributed by atoms with Gasteiger partial charge in [0.25, 0.3) is 0 Å². The van der Waals surface area contributed by atoms with E-state index in [0.717, 1.165) is 25.0 Å². The van der Waals surface area contributed by atoms with Crippen molar-refractivity contribution in [3.05, 3.63) is 29.8 Å². The Bertz CT molecular complexity index is 639. The van der Waals surface area contributed by atoms with E-state index in [9.17, 15) is 17.2 Å². The van der Waals surface area contributed by atoms with Crippen LogP contribution in [0.3, 0.4) is 0 Å². The predicted molar refractivity (Wildman–Crippen MR) is 73.6 cm³/mol. The lowest BCUT2D eigenvalue weighted by Crippen LogP contribution is -2.55. The van der Waals surface area contributed by atoms with Gasteiger partial charge in [-0.2, -0.15) is 0 Å². The van der Waals surface area contributed by atoms with E-state index in [2.05, 4.69) is 4.72 Å². The summed E-state index contributed by atoms with van der Waals surface area (Å²) in [4.78, 5) is -0.441. The van der Waals surface area contributed by atoms with Crippen molar-refractivity contribution in [2.75, 3.05) is 13.2 Å². The van der Waals surface area contributed by atoms with Crippen molar-refractivity contribution < 1.29 is 26.7 Å². The molecular formula is C14H17F2NO4S. The van der Waals surface area contributed by atoms with Gasteiger partial charge in [0.1, 0.15) is 11.6 Å². The van der Waals surface area contributed by atoms with Crippen molar-refractivity contribution >= 4 is 10.0 Å². The van der Waals surface area contributed by atoms with Gasteiger partial charge in [-0.15, -0.1) is 0 Å². The van der Waals surface area contributed by atoms with Crippen LogP contribution in [0.25, 0.3) is 0 Å². The van der Waals surface area contributed by atoms with Crippen LogP contribution in [0.15, 0.2) is 23.1 Å². The summed E-state index contributed by atoms with van der Waals surface area (Å²) in [6, 6.07) is 1.64. The monoisotopic (exact) mass is 333 g/mol. The van der Waals surface area contributed by atoms with E-state index >= 15 is 0 Å². The zero-order valence-corrected chi connectivity index (χ0v) is 12.7. The third-order valence-electron chi connectivity index (χ3n) is 4.02. The molecule has 3 rings (SSSR count). The molecule has 1 saturated heterocycles. The van der Waals surface area contributed by atoms with E-state index in [4.69, 9.17) is 9.47 Å². The summed E-state index contributed by atoms with van der Waals surface area (Å²) in [5.74, 6) is -2.84. The quantitative estimate of drug-likeness (QED) is 0.918. The first-order chi connectivity index (χ1) is 10.4. The summed E-state index contributed by atoms with van der Waals surface area (Å²) in [5.41, 5.74) is 0. The van der Waals surface area contributed by atoms with Gasteiger partial charge in [0.15, 0.2) is 5.79 Å². The van der Waals surface area contributed by atoms with Gasteiger partial charge in [0.05, 0.1) is 24.2 Å². The van der Waals surface area contributed by atoms with Crippen LogP contribution in [0, 0.1) is 11.6 Å². The first-order valence-electron chi connectivity index (χ1n) is 7.18. The molecule has 0 amide bonds. The van der Waals surface area contributed by atoms with Crippen LogP contribution >= 0.6 is 0 Å². The molecule has 8 heteroatoms. The van der Waals surface area contributed by atoms with Crippen LogP contribution in [0.5, 0.6) is 0 Å². The van der Waals surface area contributed by atoms with Gasteiger partial charge in [0, 0.05) is 12.5 Å². The molecule has 22 heavy (non-hydrogen) atoms. The smallest absolute Gasteiger partial charge is 0.241 e. The number of sulfonamides is 1. The van der Waals surface area contributed by atoms with Crippen LogP contribution < -0.4 is 4.72 Å². The van der Waals surface area contributed by atoms with Crippen molar-refractivity contribution in [3.63, 3.8) is 0 Å². The van der Waals surface area contributed by atoms with E-state index in [0.29, 0.717) is 32.1 Å². The molecule has 0 unspecified atom stereocenters. The van der Waals surface area contributed by atoms with Crippen molar-refractivity contribution in [3.8, 4) is 0 Å². The lowest BCUT2D eigenvalue weighted by molar-refractivity contribution is -0.191. The maximum absolute atomic E-state index is 13.2. The minimum atomic E-state index is -4.06. The minimum Gasteiger partial charge on any atom is -0.346 e. The molecule has 1 aromatic rings. The maximum atomic E-state index is 13.2. The molecule has 2 fully saturated rings. The standard InChI is InChI=1S/C14H17F2NO4S/c15-10-7-11(16)9-12(8-10)22(18,19)17-13-3-1-2-4-14(13)20-5-6-21-14/h7-9,13,17H,1-6H2/t13-/m0/s1. The number of hydrogen-bond acceptors (Lipinski definition) is 4. The first-order valence-corrected chi connectivity index (χ1v) is 8.66. The van der Waals surface area contributed by atoms with Crippen LogP contribution in [-0.2, 0) is 19.5 Å². The molecule has 0 bridgehead atoms. The summed E-state index contributed by atoms with van der Waals surface area (Å²) in [7, 11) is -4.06. The Morgan fingerprint density at radius 1 is 1.09 bits per heavy atom. The highest BCUT2D eigenvalue weighted by Crippen LogP contribution is 2.36. The molecule has 1 N–H and O–H groups in total. The zero-order valence-electron chi connectivity index (χ0n) is 11.8. The molecule has 122 valence electrons. The topological polar surface area (TPSA) is 64.6 Å². The molecular weight excluding hydrogens is 316 g/mol. The summed E-state index contributed by atoms with van der Waals surface area (Å²) < 4.78 is 65.0. The van der Waals surface area contributed by atoms with Crippen LogP contribution in [0.4, 0.5) is 8.78 Å². The SMILES string of the molecule is O=S(=O)(N[C@H]1CCCCC12OCCO2)c1cc(F)cc(F)c1. The normalized spacial score (nSPS) is 24.7. The fourth-order valence-electron chi connectivity index (χ4n) is 3.02. The van der Waals surface area contributed by atoms with Crippen molar-refractivity contribution in [1.29, 1.82) is 0 Å². The van der Waals surface area contributed by atoms with Crippen molar-refractivity contribution in [2.24, 2.45) is 0 Å². The van der Waals surface area contributed by atoms with Gasteiger partial charge in [-0.1, -0.05) is 6.42 Å². The van der Waals surface area contributed by atoms with Crippen LogP contribution in [0.1, 0.15) is 25.7 Å². The third-order valence-corrected chi connectivity index (χ3v) is 5.47. The van der Waals surface area contributed by atoms with Crippen LogP contribution in [0.2, 0.25) is 0 Å². The van der Waals surface area contributed by atoms with Gasteiger partial charge in [-0.3, -0.25) is 0 Å². The number of benzene rings is 1. The Morgan fingerprint density at radius 3 is 2.36 bits per heavy atom. The number of hydrogen-bond donors (Lipinski definition) is 1. The number of rotatable bonds is 3. The maximum Gasteiger partial charge on any atom is 0.241 e. The molecule has 0 radical (unpaired) electrons. The Labute approximate surface area is 127 Å². The second-order valence-electron chi connectivity index (χ2n) is 5.53. The first kappa shape index (κ1) is 15.8. The Kier molecular flexibility index (Phi) is 4.19. The van der Waals surface area contributed by atoms with Gasteiger partial charge in [-0.25, -0.2) is 21.9 Å². The van der Waals surface area contributed by atoms with Crippen molar-refractivity contribution in [1.82, 2.24) is 4.72 Å². The molecule has 1 aromatic carbocycles. The Morgan fingerprint density at radius 2 is 1.73 bits per heavy atom. The number of ether oxygens (including phenoxy) is 2. The van der Waals surface area contributed by atoms with E-state index < -0.39 is 38.4 Å². The van der Waals surface area contributed by atoms with Crippen LogP contribution in [-0.4, -0.2) is 33.5 Å². The molecule has 5 nitrogen and oxygen atoms in total. The highest BCUT2D eigenvalue weighted by Gasteiger charge is 2.47. The van der Waals surface area contributed by atoms with Gasteiger partial charge >= 0.3 is 0 Å². The lowest BCUT2D eigenvalue weighted by Gasteiger charge is -2.39. The molecule has 1 saturated carbocycles. The molecule has 1 atom stereocenters. The highest BCUT2D eigenvalue weighted by molar-refractivity contribution is 7.89. The summed E-state index contributed by atoms with van der Waals surface area (Å²) in [6.07, 6.45) is 2.86. The van der Waals surface area contributed by atoms with E-state index in [-0.39, 0.29) is 0 Å². The molecule has 1 heterocycles. The van der Waals surface area contributed by atoms with Gasteiger partial charge in [0.2, 0.25) is 10.0 Å². The fraction of sp³-hybridized carbons (Fsp3) is 0.571. The molecule has 1 aliphatic carbocycles. The molecule has 1 spiro atoms. The second-order valence-corrected chi connectivity index (χ2v) is 7.25. The number of halogens is 2. The fourth-order valence-corrected chi connectivity index (χ4v) is 4.36. The van der Waals surface area contributed by atoms with E-state index in [1.54, 1.807) is 0 Å². The summed E-state index contributed by atoms with van der Waals surface area (Å²) in [5, 5.41) is 0. The van der Waals surface area contributed by atoms with Gasteiger partial charge in [-0.05, 0) is 25.0 Å². The zero-order chi connectivity index (χ0) is 15.8. The third kappa shape index (κ3) is 3.01. The predicted octanol–water partition coefficient (Wildman–Crippen LogP) is 1.93. The lowest BCUT2D eigenvalue weighted by atomic mass is 9.90. The second kappa shape index (κ2) is 5.84. The number of nitrogens with one attached hydrogen (secondary N) is 1. The highest BCUT2D eigenvalue weighted by atomic mass is 32.2. The van der Waals surface area contributed by atoms with Gasteiger partial charge < -0.3 is 9.47 Å². The summed E-state index contributed by atoms with van der Waals surface area (Å²) >= 11 is 0. The van der Waals surface area contributed by atoms with Crippen molar-refractivity contribution in [2.45, 2.75) is 42.4 Å². The Balaban J connectivity index is 1.86. The summed E-state index contributed by atoms with van der Waals surface area (Å²) in [6.45, 7) is 0.819. The average molecular weight is 333 g/mol. The molecule has 1 aliphatic heterocycles.